The van der Waals surface area contributed by atoms with Gasteiger partial charge in [0.1, 0.15) is 3.23 Å². The summed E-state index contributed by atoms with van der Waals surface area (Å²) in [4.78, 5) is 4.21. The molecular formula is C5H7Br2N. The number of halogens is 2. The Morgan fingerprint density at radius 3 is 2.38 bits per heavy atom. The highest BCUT2D eigenvalue weighted by molar-refractivity contribution is 9.25. The van der Waals surface area contributed by atoms with Crippen molar-refractivity contribution in [3.8, 4) is 0 Å². The van der Waals surface area contributed by atoms with E-state index in [4.69, 9.17) is 0 Å². The molecule has 0 N–H and O–H groups in total. The van der Waals surface area contributed by atoms with Crippen molar-refractivity contribution >= 4 is 37.6 Å². The number of nitrogens with zero attached hydrogens (tertiary/aromatic N) is 1. The summed E-state index contributed by atoms with van der Waals surface area (Å²) in [6.45, 7) is 2.97. The number of hydrogen-bond acceptors (Lipinski definition) is 1. The van der Waals surface area contributed by atoms with Crippen LogP contribution in [-0.2, 0) is 0 Å². The summed E-state index contributed by atoms with van der Waals surface area (Å²) in [7, 11) is 0. The highest BCUT2D eigenvalue weighted by Crippen LogP contribution is 2.35. The van der Waals surface area contributed by atoms with Crippen molar-refractivity contribution < 1.29 is 0 Å². The van der Waals surface area contributed by atoms with Crippen molar-refractivity contribution in [1.82, 2.24) is 0 Å². The second-order valence-electron chi connectivity index (χ2n) is 1.92. The van der Waals surface area contributed by atoms with E-state index in [1.165, 1.54) is 0 Å². The first-order valence-electron chi connectivity index (χ1n) is 2.52. The van der Waals surface area contributed by atoms with Gasteiger partial charge in [-0.3, -0.25) is 4.99 Å². The van der Waals surface area contributed by atoms with E-state index >= 15 is 0 Å². The van der Waals surface area contributed by atoms with Gasteiger partial charge in [-0.1, -0.05) is 31.9 Å². The molecule has 46 valence electrons. The molecule has 0 saturated carbocycles. The van der Waals surface area contributed by atoms with Gasteiger partial charge < -0.3 is 0 Å². The minimum atomic E-state index is 0.0278. The molecular weight excluding hydrogens is 234 g/mol. The molecule has 0 aromatic rings. The molecule has 0 amide bonds. The zero-order chi connectivity index (χ0) is 6.20. The van der Waals surface area contributed by atoms with Gasteiger partial charge in [-0.15, -0.1) is 0 Å². The first-order valence-corrected chi connectivity index (χ1v) is 4.11. The van der Waals surface area contributed by atoms with Gasteiger partial charge in [0, 0.05) is 12.3 Å². The highest BCUT2D eigenvalue weighted by atomic mass is 79.9. The van der Waals surface area contributed by atoms with E-state index < -0.39 is 0 Å². The number of rotatable bonds is 0. The molecule has 0 aromatic carbocycles. The second kappa shape index (κ2) is 2.10. The molecule has 0 fully saturated rings. The van der Waals surface area contributed by atoms with Crippen LogP contribution in [0.5, 0.6) is 0 Å². The Kier molecular flexibility index (Phi) is 1.77. The van der Waals surface area contributed by atoms with Crippen LogP contribution in [0.4, 0.5) is 0 Å². The first kappa shape index (κ1) is 6.75. The van der Waals surface area contributed by atoms with Gasteiger partial charge in [0.2, 0.25) is 0 Å². The molecule has 1 nitrogen and oxygen atoms in total. The fraction of sp³-hybridized carbons (Fsp3) is 0.800. The molecule has 1 heterocycles. The molecule has 0 unspecified atom stereocenters. The Morgan fingerprint density at radius 1 is 1.62 bits per heavy atom. The fourth-order valence-electron chi connectivity index (χ4n) is 0.661. The van der Waals surface area contributed by atoms with Gasteiger partial charge in [-0.05, 0) is 13.3 Å². The predicted molar refractivity (Wildman–Crippen MR) is 43.2 cm³/mol. The van der Waals surface area contributed by atoms with Crippen LogP contribution in [0.25, 0.3) is 0 Å². The zero-order valence-electron chi connectivity index (χ0n) is 4.62. The van der Waals surface area contributed by atoms with Crippen LogP contribution in [0.2, 0.25) is 0 Å². The van der Waals surface area contributed by atoms with Crippen LogP contribution in [0, 0.1) is 0 Å². The van der Waals surface area contributed by atoms with E-state index in [9.17, 15) is 0 Å². The third kappa shape index (κ3) is 1.13. The molecule has 3 heteroatoms. The lowest BCUT2D eigenvalue weighted by Crippen LogP contribution is -2.15. The SMILES string of the molecule is CC1=NCCC1(Br)Br. The van der Waals surface area contributed by atoms with Crippen molar-refractivity contribution in [3.05, 3.63) is 0 Å². The van der Waals surface area contributed by atoms with Gasteiger partial charge in [-0.25, -0.2) is 0 Å². The number of aliphatic imine (C=N–C) groups is 1. The van der Waals surface area contributed by atoms with E-state index in [0.717, 1.165) is 18.7 Å². The van der Waals surface area contributed by atoms with Crippen molar-refractivity contribution in [2.75, 3.05) is 6.54 Å². The summed E-state index contributed by atoms with van der Waals surface area (Å²) >= 11 is 6.99. The minimum absolute atomic E-state index is 0.0278. The van der Waals surface area contributed by atoms with E-state index in [-0.39, 0.29) is 3.23 Å². The standard InChI is InChI=1S/C5H7Br2N/c1-4-5(6,7)2-3-8-4/h2-3H2,1H3. The van der Waals surface area contributed by atoms with Gasteiger partial charge >= 0.3 is 0 Å². The monoisotopic (exact) mass is 239 g/mol. The Hall–Kier alpha value is 0.630. The summed E-state index contributed by atoms with van der Waals surface area (Å²) in [6, 6.07) is 0. The van der Waals surface area contributed by atoms with Gasteiger partial charge in [0.15, 0.2) is 0 Å². The maximum absolute atomic E-state index is 4.21. The molecule has 1 aliphatic heterocycles. The molecule has 0 radical (unpaired) electrons. The van der Waals surface area contributed by atoms with Crippen LogP contribution in [0.3, 0.4) is 0 Å². The van der Waals surface area contributed by atoms with Crippen LogP contribution >= 0.6 is 31.9 Å². The number of alkyl halides is 2. The van der Waals surface area contributed by atoms with Crippen molar-refractivity contribution in [3.63, 3.8) is 0 Å². The Labute approximate surface area is 65.8 Å². The number of hydrogen-bond donors (Lipinski definition) is 0. The summed E-state index contributed by atoms with van der Waals surface area (Å²) in [5, 5.41) is 0. The molecule has 0 bridgehead atoms. The summed E-state index contributed by atoms with van der Waals surface area (Å²) < 4.78 is 0.0278. The average Bonchev–Trinajstić information content (AvgIpc) is 1.86. The molecule has 1 aliphatic rings. The van der Waals surface area contributed by atoms with Crippen LogP contribution in [0.1, 0.15) is 13.3 Å². The highest BCUT2D eigenvalue weighted by Gasteiger charge is 2.29. The lowest BCUT2D eigenvalue weighted by molar-refractivity contribution is 0.946. The molecule has 0 atom stereocenters. The Bertz CT molecular complexity index is 128. The van der Waals surface area contributed by atoms with E-state index in [0.29, 0.717) is 0 Å². The zero-order valence-corrected chi connectivity index (χ0v) is 7.79. The smallest absolute Gasteiger partial charge is 0.119 e. The molecule has 8 heavy (non-hydrogen) atoms. The van der Waals surface area contributed by atoms with Crippen LogP contribution in [0.15, 0.2) is 4.99 Å². The van der Waals surface area contributed by atoms with Crippen molar-refractivity contribution in [2.45, 2.75) is 16.6 Å². The predicted octanol–water partition coefficient (Wildman–Crippen LogP) is 2.34. The van der Waals surface area contributed by atoms with Crippen LogP contribution < -0.4 is 0 Å². The molecule has 0 spiro atoms. The Balaban J connectivity index is 2.73. The largest absolute Gasteiger partial charge is 0.292 e. The first-order chi connectivity index (χ1) is 3.63. The van der Waals surface area contributed by atoms with E-state index in [1.54, 1.807) is 0 Å². The van der Waals surface area contributed by atoms with E-state index in [1.807, 2.05) is 6.92 Å². The molecule has 0 saturated heterocycles. The fourth-order valence-corrected chi connectivity index (χ4v) is 1.27. The maximum Gasteiger partial charge on any atom is 0.119 e. The Morgan fingerprint density at radius 2 is 2.25 bits per heavy atom. The average molecular weight is 241 g/mol. The normalized spacial score (nSPS) is 25.6. The maximum atomic E-state index is 4.21. The lowest BCUT2D eigenvalue weighted by Gasteiger charge is -2.10. The quantitative estimate of drug-likeness (QED) is 0.577. The molecule has 1 rings (SSSR count). The van der Waals surface area contributed by atoms with Gasteiger partial charge in [0.25, 0.3) is 0 Å². The summed E-state index contributed by atoms with van der Waals surface area (Å²) in [5.41, 5.74) is 1.15. The molecule has 0 aliphatic carbocycles. The van der Waals surface area contributed by atoms with Gasteiger partial charge in [0.05, 0.1) is 0 Å². The van der Waals surface area contributed by atoms with Gasteiger partial charge in [-0.2, -0.15) is 0 Å². The summed E-state index contributed by atoms with van der Waals surface area (Å²) in [5.74, 6) is 0. The summed E-state index contributed by atoms with van der Waals surface area (Å²) in [6.07, 6.45) is 1.07. The third-order valence-electron chi connectivity index (χ3n) is 1.30. The minimum Gasteiger partial charge on any atom is -0.292 e. The van der Waals surface area contributed by atoms with Crippen molar-refractivity contribution in [2.24, 2.45) is 4.99 Å². The van der Waals surface area contributed by atoms with Crippen molar-refractivity contribution in [1.29, 1.82) is 0 Å². The molecule has 0 aromatic heterocycles. The van der Waals surface area contributed by atoms with E-state index in [2.05, 4.69) is 36.9 Å². The third-order valence-corrected chi connectivity index (χ3v) is 3.24. The topological polar surface area (TPSA) is 12.4 Å². The van der Waals surface area contributed by atoms with Crippen LogP contribution in [-0.4, -0.2) is 15.5 Å². The second-order valence-corrected chi connectivity index (χ2v) is 5.69. The lowest BCUT2D eigenvalue weighted by atomic mass is 10.3.